The summed E-state index contributed by atoms with van der Waals surface area (Å²) in [5.41, 5.74) is 8.00. The molecule has 3 aromatic rings. The van der Waals surface area contributed by atoms with Crippen molar-refractivity contribution in [1.29, 1.82) is 0 Å². The molecule has 0 aliphatic carbocycles. The summed E-state index contributed by atoms with van der Waals surface area (Å²) >= 11 is 1.58. The summed E-state index contributed by atoms with van der Waals surface area (Å²) in [6.45, 7) is 3.54. The van der Waals surface area contributed by atoms with Gasteiger partial charge in [-0.1, -0.05) is 6.07 Å². The van der Waals surface area contributed by atoms with Crippen LogP contribution in [0.2, 0.25) is 0 Å². The maximum atomic E-state index is 12.7. The lowest BCUT2D eigenvalue weighted by molar-refractivity contribution is -0.111. The molecule has 10 heteroatoms. The number of hydrogen-bond acceptors (Lipinski definition) is 9. The van der Waals surface area contributed by atoms with Gasteiger partial charge in [-0.3, -0.25) is 15.2 Å². The molecule has 1 aromatic carbocycles. The van der Waals surface area contributed by atoms with E-state index >= 15 is 0 Å². The van der Waals surface area contributed by atoms with E-state index in [2.05, 4.69) is 36.0 Å². The minimum Gasteiger partial charge on any atom is -0.443 e. The molecule has 1 atom stereocenters. The molecule has 2 aromatic heterocycles. The van der Waals surface area contributed by atoms with Crippen LogP contribution in [-0.2, 0) is 9.53 Å². The van der Waals surface area contributed by atoms with Gasteiger partial charge in [-0.05, 0) is 18.2 Å². The lowest BCUT2D eigenvalue weighted by Crippen LogP contribution is -2.44. The van der Waals surface area contributed by atoms with Crippen LogP contribution in [0.4, 0.5) is 11.4 Å². The van der Waals surface area contributed by atoms with Gasteiger partial charge in [0.2, 0.25) is 6.23 Å². The lowest BCUT2D eigenvalue weighted by Gasteiger charge is -2.30. The number of nitrogens with one attached hydrogen (secondary N) is 3. The minimum absolute atomic E-state index is 0.0107. The van der Waals surface area contributed by atoms with Gasteiger partial charge in [-0.2, -0.15) is 0 Å². The number of aromatic nitrogens is 2. The van der Waals surface area contributed by atoms with Gasteiger partial charge in [0, 0.05) is 37.9 Å². The first-order chi connectivity index (χ1) is 14.3. The number of benzene rings is 1. The fourth-order valence-electron chi connectivity index (χ4n) is 3.41. The van der Waals surface area contributed by atoms with Gasteiger partial charge in [0.1, 0.15) is 0 Å². The molecule has 0 radical (unpaired) electrons. The molecule has 0 spiro atoms. The maximum Gasteiger partial charge on any atom is 0.312 e. The van der Waals surface area contributed by atoms with Crippen LogP contribution in [-0.4, -0.2) is 48.0 Å². The van der Waals surface area contributed by atoms with Crippen molar-refractivity contribution in [1.82, 2.24) is 20.7 Å². The van der Waals surface area contributed by atoms with Crippen LogP contribution in [0, 0.1) is 0 Å². The van der Waals surface area contributed by atoms with Crippen molar-refractivity contribution >= 4 is 44.7 Å². The number of thiazole rings is 1. The molecule has 4 heterocycles. The SMILES string of the molecule is O=C(Nc1cnccc1N1CCNCC1)C1=NNC(c2ccc3scnc3c2)O1. The third kappa shape index (κ3) is 3.59. The second-order valence-corrected chi connectivity index (χ2v) is 7.59. The van der Waals surface area contributed by atoms with Gasteiger partial charge >= 0.3 is 5.91 Å². The van der Waals surface area contributed by atoms with E-state index in [4.69, 9.17) is 4.74 Å². The quantitative estimate of drug-likeness (QED) is 0.602. The Hall–Kier alpha value is -3.24. The summed E-state index contributed by atoms with van der Waals surface area (Å²) in [5, 5.41) is 10.3. The highest BCUT2D eigenvalue weighted by Crippen LogP contribution is 2.27. The number of carbonyl (C=O) groups is 1. The molecule has 1 fully saturated rings. The summed E-state index contributed by atoms with van der Waals surface area (Å²) in [5.74, 6) is -0.428. The monoisotopic (exact) mass is 409 g/mol. The summed E-state index contributed by atoms with van der Waals surface area (Å²) in [7, 11) is 0. The van der Waals surface area contributed by atoms with Crippen molar-refractivity contribution in [3.05, 3.63) is 47.7 Å². The Labute approximate surface area is 170 Å². The van der Waals surface area contributed by atoms with Gasteiger partial charge in [0.15, 0.2) is 0 Å². The highest BCUT2D eigenvalue weighted by molar-refractivity contribution is 7.16. The predicted molar refractivity (Wildman–Crippen MR) is 112 cm³/mol. The Balaban J connectivity index is 1.28. The van der Waals surface area contributed by atoms with Gasteiger partial charge in [0.05, 0.1) is 33.3 Å². The standard InChI is InChI=1S/C19H19N7O2S/c27-17(23-14-10-21-4-3-15(14)26-7-5-20-6-8-26)19-25-24-18(28-19)12-1-2-16-13(9-12)22-11-29-16/h1-4,9-11,18,20,24H,5-8H2,(H,23,27). The second-order valence-electron chi connectivity index (χ2n) is 6.71. The number of hydrazone groups is 1. The predicted octanol–water partition coefficient (Wildman–Crippen LogP) is 1.67. The van der Waals surface area contributed by atoms with E-state index in [0.29, 0.717) is 5.69 Å². The van der Waals surface area contributed by atoms with Gasteiger partial charge in [-0.25, -0.2) is 4.98 Å². The van der Waals surface area contributed by atoms with Gasteiger partial charge < -0.3 is 20.3 Å². The summed E-state index contributed by atoms with van der Waals surface area (Å²) in [6, 6.07) is 7.77. The molecule has 0 bridgehead atoms. The first-order valence-corrected chi connectivity index (χ1v) is 10.2. The van der Waals surface area contributed by atoms with Gasteiger partial charge in [-0.15, -0.1) is 16.4 Å². The van der Waals surface area contributed by atoms with Crippen LogP contribution in [0.15, 0.2) is 47.3 Å². The Morgan fingerprint density at radius 2 is 2.17 bits per heavy atom. The summed E-state index contributed by atoms with van der Waals surface area (Å²) < 4.78 is 6.85. The fourth-order valence-corrected chi connectivity index (χ4v) is 4.07. The van der Waals surface area contributed by atoms with E-state index in [1.807, 2.05) is 24.3 Å². The third-order valence-electron chi connectivity index (χ3n) is 4.87. The minimum atomic E-state index is -0.525. The molecule has 9 nitrogen and oxygen atoms in total. The number of rotatable bonds is 4. The summed E-state index contributed by atoms with van der Waals surface area (Å²) in [6.07, 6.45) is 2.85. The molecule has 29 heavy (non-hydrogen) atoms. The first kappa shape index (κ1) is 17.8. The Morgan fingerprint density at radius 1 is 1.28 bits per heavy atom. The lowest BCUT2D eigenvalue weighted by atomic mass is 10.2. The van der Waals surface area contributed by atoms with E-state index in [1.54, 1.807) is 29.2 Å². The molecule has 1 saturated heterocycles. The van der Waals surface area contributed by atoms with Gasteiger partial charge in [0.25, 0.3) is 5.90 Å². The molecule has 3 N–H and O–H groups in total. The molecular formula is C19H19N7O2S. The molecular weight excluding hydrogens is 390 g/mol. The van der Waals surface area contributed by atoms with Crippen LogP contribution in [0.5, 0.6) is 0 Å². The van der Waals surface area contributed by atoms with Crippen molar-refractivity contribution in [3.8, 4) is 0 Å². The summed E-state index contributed by atoms with van der Waals surface area (Å²) in [4.78, 5) is 23.4. The Bertz CT molecular complexity index is 1080. The van der Waals surface area contributed by atoms with Crippen molar-refractivity contribution < 1.29 is 9.53 Å². The average Bonchev–Trinajstić information content (AvgIpc) is 3.44. The zero-order valence-corrected chi connectivity index (χ0v) is 16.3. The Morgan fingerprint density at radius 3 is 3.07 bits per heavy atom. The Kier molecular flexibility index (Phi) is 4.70. The van der Waals surface area contributed by atoms with Crippen LogP contribution in [0.3, 0.4) is 0 Å². The largest absolute Gasteiger partial charge is 0.443 e. The zero-order chi connectivity index (χ0) is 19.6. The molecule has 148 valence electrons. The molecule has 5 rings (SSSR count). The molecule has 1 unspecified atom stereocenters. The fraction of sp³-hybridized carbons (Fsp3) is 0.263. The van der Waals surface area contributed by atoms with Crippen LogP contribution < -0.4 is 21.0 Å². The maximum absolute atomic E-state index is 12.7. The second kappa shape index (κ2) is 7.64. The van der Waals surface area contributed by atoms with Crippen LogP contribution in [0.1, 0.15) is 11.8 Å². The number of carbonyl (C=O) groups excluding carboxylic acids is 1. The van der Waals surface area contributed by atoms with E-state index in [0.717, 1.165) is 47.6 Å². The third-order valence-corrected chi connectivity index (χ3v) is 5.68. The van der Waals surface area contributed by atoms with Crippen LogP contribution >= 0.6 is 11.3 Å². The van der Waals surface area contributed by atoms with E-state index in [-0.39, 0.29) is 5.90 Å². The van der Waals surface area contributed by atoms with Crippen molar-refractivity contribution in [2.24, 2.45) is 5.10 Å². The smallest absolute Gasteiger partial charge is 0.312 e. The topological polar surface area (TPSA) is 104 Å². The number of ether oxygens (including phenoxy) is 1. The number of anilines is 2. The number of pyridine rings is 1. The normalized spacial score (nSPS) is 18.8. The van der Waals surface area contributed by atoms with Crippen molar-refractivity contribution in [2.75, 3.05) is 36.4 Å². The number of fused-ring (bicyclic) bond motifs is 1. The van der Waals surface area contributed by atoms with E-state index in [9.17, 15) is 4.79 Å². The average molecular weight is 409 g/mol. The molecule has 1 amide bonds. The number of hydrogen-bond donors (Lipinski definition) is 3. The van der Waals surface area contributed by atoms with Crippen molar-refractivity contribution in [3.63, 3.8) is 0 Å². The number of nitrogens with zero attached hydrogens (tertiary/aromatic N) is 4. The first-order valence-electron chi connectivity index (χ1n) is 9.32. The zero-order valence-electron chi connectivity index (χ0n) is 15.5. The van der Waals surface area contributed by atoms with E-state index < -0.39 is 12.1 Å². The number of amides is 1. The molecule has 2 aliphatic rings. The van der Waals surface area contributed by atoms with Crippen molar-refractivity contribution in [2.45, 2.75) is 6.23 Å². The molecule has 0 saturated carbocycles. The van der Waals surface area contributed by atoms with E-state index in [1.165, 1.54) is 0 Å². The number of piperazine rings is 1. The van der Waals surface area contributed by atoms with Crippen LogP contribution in [0.25, 0.3) is 10.2 Å². The molecule has 2 aliphatic heterocycles. The highest BCUT2D eigenvalue weighted by atomic mass is 32.1. The highest BCUT2D eigenvalue weighted by Gasteiger charge is 2.27.